The molecule has 2 aromatic rings. The van der Waals surface area contributed by atoms with E-state index < -0.39 is 35.1 Å². The maximum Gasteiger partial charge on any atom is 0.407 e. The number of hydrogen-bond acceptors (Lipinski definition) is 4. The van der Waals surface area contributed by atoms with Crippen LogP contribution in [0.1, 0.15) is 76.0 Å². The molecule has 40 heavy (non-hydrogen) atoms. The fourth-order valence-corrected chi connectivity index (χ4v) is 5.19. The summed E-state index contributed by atoms with van der Waals surface area (Å²) in [6, 6.07) is 13.0. The largest absolute Gasteiger partial charge is 0.407 e. The van der Waals surface area contributed by atoms with E-state index in [1.807, 2.05) is 38.1 Å². The molecule has 3 aliphatic carbocycles. The predicted molar refractivity (Wildman–Crippen MR) is 145 cm³/mol. The minimum Gasteiger partial charge on any atom is -0.353 e. The molecule has 0 radical (unpaired) electrons. The van der Waals surface area contributed by atoms with E-state index >= 15 is 0 Å². The van der Waals surface area contributed by atoms with Crippen molar-refractivity contribution in [3.63, 3.8) is 0 Å². The number of benzene rings is 2. The lowest BCUT2D eigenvalue weighted by Crippen LogP contribution is -2.52. The molecule has 3 fully saturated rings. The zero-order valence-electron chi connectivity index (χ0n) is 22.8. The number of amides is 2. The van der Waals surface area contributed by atoms with E-state index in [4.69, 9.17) is 0 Å². The summed E-state index contributed by atoms with van der Waals surface area (Å²) >= 11 is 0. The number of alkyl halides is 3. The van der Waals surface area contributed by atoms with Crippen molar-refractivity contribution in [2.75, 3.05) is 0 Å². The minimum atomic E-state index is -4.63. The van der Waals surface area contributed by atoms with E-state index in [1.54, 1.807) is 12.1 Å². The molecule has 0 heterocycles. The van der Waals surface area contributed by atoms with E-state index in [0.717, 1.165) is 42.4 Å². The van der Waals surface area contributed by atoms with Gasteiger partial charge in [-0.15, -0.1) is 0 Å². The van der Waals surface area contributed by atoms with Crippen LogP contribution in [0.2, 0.25) is 0 Å². The van der Waals surface area contributed by atoms with Crippen LogP contribution >= 0.6 is 0 Å². The molecular formula is C31H35F3N4O2. The van der Waals surface area contributed by atoms with Gasteiger partial charge in [-0.25, -0.2) is 0 Å². The second kappa shape index (κ2) is 10.5. The van der Waals surface area contributed by atoms with Crippen molar-refractivity contribution in [1.82, 2.24) is 16.0 Å². The zero-order valence-corrected chi connectivity index (χ0v) is 22.8. The van der Waals surface area contributed by atoms with E-state index in [-0.39, 0.29) is 23.8 Å². The molecule has 0 aliphatic heterocycles. The second-order valence-corrected chi connectivity index (χ2v) is 12.0. The highest BCUT2D eigenvalue weighted by molar-refractivity contribution is 5.91. The number of nitrogens with one attached hydrogen (secondary N) is 3. The molecule has 0 saturated heterocycles. The first-order valence-electron chi connectivity index (χ1n) is 14.0. The third-order valence-corrected chi connectivity index (χ3v) is 8.16. The first-order chi connectivity index (χ1) is 18.9. The molecule has 2 amide bonds. The Balaban J connectivity index is 1.31. The molecule has 2 atom stereocenters. The highest BCUT2D eigenvalue weighted by atomic mass is 19.4. The molecule has 2 aromatic carbocycles. The van der Waals surface area contributed by atoms with Crippen molar-refractivity contribution in [2.45, 2.75) is 94.0 Å². The summed E-state index contributed by atoms with van der Waals surface area (Å²) in [5, 5.41) is 17.6. The first-order valence-corrected chi connectivity index (χ1v) is 14.0. The van der Waals surface area contributed by atoms with Crippen molar-refractivity contribution in [3.05, 3.63) is 59.7 Å². The number of nitrogens with zero attached hydrogens (tertiary/aromatic N) is 1. The SMILES string of the molecule is CC(C)C[C@H](N[C@@H](c1ccc(-c2ccc(C3(C(=O)NC4CC4)CC3)cc2)cc1)C(F)(F)F)C(=O)NC1(C#N)CC1. The Morgan fingerprint density at radius 1 is 0.975 bits per heavy atom. The Bertz CT molecular complexity index is 1290. The number of carbonyl (C=O) groups excluding carboxylic acids is 2. The molecule has 0 aromatic heterocycles. The average molecular weight is 553 g/mol. The Labute approximate surface area is 232 Å². The summed E-state index contributed by atoms with van der Waals surface area (Å²) in [6.07, 6.45) is 0.281. The topological polar surface area (TPSA) is 94.0 Å². The monoisotopic (exact) mass is 552 g/mol. The van der Waals surface area contributed by atoms with Gasteiger partial charge in [0.2, 0.25) is 11.8 Å². The van der Waals surface area contributed by atoms with Crippen molar-refractivity contribution < 1.29 is 22.8 Å². The van der Waals surface area contributed by atoms with E-state index in [2.05, 4.69) is 22.0 Å². The van der Waals surface area contributed by atoms with Crippen LogP contribution in [-0.2, 0) is 15.0 Å². The van der Waals surface area contributed by atoms with Crippen molar-refractivity contribution >= 4 is 11.8 Å². The molecule has 0 bridgehead atoms. The number of halogens is 3. The van der Waals surface area contributed by atoms with Crippen LogP contribution in [0.4, 0.5) is 13.2 Å². The van der Waals surface area contributed by atoms with Gasteiger partial charge in [0.05, 0.1) is 17.5 Å². The summed E-state index contributed by atoms with van der Waals surface area (Å²) < 4.78 is 42.7. The smallest absolute Gasteiger partial charge is 0.353 e. The summed E-state index contributed by atoms with van der Waals surface area (Å²) in [4.78, 5) is 25.6. The van der Waals surface area contributed by atoms with E-state index in [1.165, 1.54) is 12.1 Å². The van der Waals surface area contributed by atoms with E-state index in [0.29, 0.717) is 18.9 Å². The summed E-state index contributed by atoms with van der Waals surface area (Å²) in [5.74, 6) is -0.533. The number of rotatable bonds is 11. The molecule has 6 nitrogen and oxygen atoms in total. The molecule has 3 aliphatic rings. The van der Waals surface area contributed by atoms with E-state index in [9.17, 15) is 28.0 Å². The van der Waals surface area contributed by atoms with Gasteiger partial charge in [-0.05, 0) is 73.1 Å². The van der Waals surface area contributed by atoms with Crippen LogP contribution in [0.5, 0.6) is 0 Å². The predicted octanol–water partition coefficient (Wildman–Crippen LogP) is 5.44. The van der Waals surface area contributed by atoms with Crippen LogP contribution in [0.15, 0.2) is 48.5 Å². The van der Waals surface area contributed by atoms with Crippen LogP contribution in [0.25, 0.3) is 11.1 Å². The first kappa shape index (κ1) is 28.2. The Hall–Kier alpha value is -3.38. The highest BCUT2D eigenvalue weighted by Crippen LogP contribution is 2.49. The van der Waals surface area contributed by atoms with Gasteiger partial charge in [0, 0.05) is 6.04 Å². The Morgan fingerprint density at radius 2 is 1.55 bits per heavy atom. The number of carbonyl (C=O) groups is 2. The van der Waals surface area contributed by atoms with Crippen molar-refractivity contribution in [3.8, 4) is 17.2 Å². The van der Waals surface area contributed by atoms with Gasteiger partial charge in [0.15, 0.2) is 0 Å². The molecule has 9 heteroatoms. The summed E-state index contributed by atoms with van der Waals surface area (Å²) in [7, 11) is 0. The molecular weight excluding hydrogens is 517 g/mol. The zero-order chi connectivity index (χ0) is 28.7. The van der Waals surface area contributed by atoms with Crippen molar-refractivity contribution in [1.29, 1.82) is 5.26 Å². The van der Waals surface area contributed by atoms with Gasteiger partial charge in [-0.1, -0.05) is 62.4 Å². The lowest BCUT2D eigenvalue weighted by molar-refractivity contribution is -0.161. The standard InChI is InChI=1S/C31H35F3N4O2/c1-19(2)17-25(27(39)38-29(18-35)13-14-29)37-26(31(32,33)34)22-5-3-20(4-6-22)21-7-9-23(10-8-21)30(15-16-30)28(40)36-24-11-12-24/h3-10,19,24-26,37H,11-17H2,1-2H3,(H,36,40)(H,38,39)/t25-,26-/m0/s1. The van der Waals surface area contributed by atoms with Crippen molar-refractivity contribution in [2.24, 2.45) is 5.92 Å². The van der Waals surface area contributed by atoms with Crippen LogP contribution in [-0.4, -0.2) is 35.6 Å². The quantitative estimate of drug-likeness (QED) is 0.346. The fraction of sp³-hybridized carbons (Fsp3) is 0.516. The number of nitriles is 1. The van der Waals surface area contributed by atoms with Crippen LogP contribution in [0.3, 0.4) is 0 Å². The lowest BCUT2D eigenvalue weighted by atomic mass is 9.92. The fourth-order valence-electron chi connectivity index (χ4n) is 5.19. The third-order valence-electron chi connectivity index (χ3n) is 8.16. The molecule has 3 saturated carbocycles. The van der Waals surface area contributed by atoms with Gasteiger partial charge in [0.25, 0.3) is 0 Å². The molecule has 0 spiro atoms. The average Bonchev–Trinajstić information content (AvgIpc) is 3.78. The number of hydrogen-bond donors (Lipinski definition) is 3. The molecule has 3 N–H and O–H groups in total. The lowest BCUT2D eigenvalue weighted by Gasteiger charge is -2.29. The maximum absolute atomic E-state index is 14.2. The third kappa shape index (κ3) is 6.17. The maximum atomic E-state index is 14.2. The van der Waals surface area contributed by atoms with Gasteiger partial charge in [0.1, 0.15) is 11.6 Å². The highest BCUT2D eigenvalue weighted by Gasteiger charge is 2.52. The van der Waals surface area contributed by atoms with Gasteiger partial charge < -0.3 is 10.6 Å². The second-order valence-electron chi connectivity index (χ2n) is 12.0. The Morgan fingerprint density at radius 3 is 2.00 bits per heavy atom. The normalized spacial score (nSPS) is 20.2. The Kier molecular flexibility index (Phi) is 7.43. The molecule has 212 valence electrons. The van der Waals surface area contributed by atoms with Gasteiger partial charge >= 0.3 is 6.18 Å². The van der Waals surface area contributed by atoms with Gasteiger partial charge in [-0.3, -0.25) is 14.9 Å². The molecule has 5 rings (SSSR count). The van der Waals surface area contributed by atoms with Crippen LogP contribution < -0.4 is 16.0 Å². The summed E-state index contributed by atoms with van der Waals surface area (Å²) in [6.45, 7) is 3.68. The minimum absolute atomic E-state index is 0.00419. The van der Waals surface area contributed by atoms with Crippen LogP contribution in [0, 0.1) is 17.2 Å². The van der Waals surface area contributed by atoms with Gasteiger partial charge in [-0.2, -0.15) is 18.4 Å². The molecule has 0 unspecified atom stereocenters. The summed E-state index contributed by atoms with van der Waals surface area (Å²) in [5.41, 5.74) is 1.15.